The second-order valence-electron chi connectivity index (χ2n) is 4.42. The Labute approximate surface area is 136 Å². The first-order chi connectivity index (χ1) is 10.5. The van der Waals surface area contributed by atoms with Gasteiger partial charge in [-0.05, 0) is 36.4 Å². The molecule has 0 saturated carbocycles. The molecule has 0 aliphatic heterocycles. The fraction of sp³-hybridized carbons (Fsp3) is 0. The molecular weight excluding hydrogens is 368 g/mol. The van der Waals surface area contributed by atoms with Gasteiger partial charge in [-0.25, -0.2) is 18.1 Å². The lowest BCUT2D eigenvalue weighted by atomic mass is 10.4. The van der Waals surface area contributed by atoms with Gasteiger partial charge in [0.15, 0.2) is 5.82 Å². The molecule has 0 fully saturated rings. The van der Waals surface area contributed by atoms with Crippen molar-refractivity contribution in [3.8, 4) is 5.82 Å². The van der Waals surface area contributed by atoms with Gasteiger partial charge in [-0.1, -0.05) is 22.0 Å². The minimum Gasteiger partial charge on any atom is -0.278 e. The molecule has 2 heterocycles. The van der Waals surface area contributed by atoms with E-state index in [1.807, 2.05) is 0 Å². The van der Waals surface area contributed by atoms with Crippen LogP contribution in [-0.4, -0.2) is 23.2 Å². The molecule has 1 aromatic carbocycles. The van der Waals surface area contributed by atoms with E-state index >= 15 is 0 Å². The molecule has 6 nitrogen and oxygen atoms in total. The van der Waals surface area contributed by atoms with E-state index in [-0.39, 0.29) is 4.90 Å². The Bertz CT molecular complexity index is 877. The summed E-state index contributed by atoms with van der Waals surface area (Å²) in [5.41, 5.74) is 0.385. The number of sulfonamides is 1. The summed E-state index contributed by atoms with van der Waals surface area (Å²) in [5.74, 6) is 0.607. The number of halogens is 1. The molecule has 22 heavy (non-hydrogen) atoms. The molecule has 112 valence electrons. The van der Waals surface area contributed by atoms with Gasteiger partial charge in [0.25, 0.3) is 10.0 Å². The van der Waals surface area contributed by atoms with E-state index in [9.17, 15) is 8.42 Å². The lowest BCUT2D eigenvalue weighted by Crippen LogP contribution is -2.13. The average molecular weight is 379 g/mol. The highest BCUT2D eigenvalue weighted by Gasteiger charge is 2.14. The van der Waals surface area contributed by atoms with Crippen LogP contribution in [0.1, 0.15) is 0 Å². The Morgan fingerprint density at radius 2 is 2.00 bits per heavy atom. The third kappa shape index (κ3) is 3.18. The highest BCUT2D eigenvalue weighted by atomic mass is 79.9. The molecular formula is C14H11BrN4O2S. The van der Waals surface area contributed by atoms with Crippen LogP contribution < -0.4 is 4.72 Å². The Morgan fingerprint density at radius 1 is 1.14 bits per heavy atom. The number of anilines is 1. The van der Waals surface area contributed by atoms with Crippen LogP contribution >= 0.6 is 15.9 Å². The summed E-state index contributed by atoms with van der Waals surface area (Å²) < 4.78 is 29.4. The van der Waals surface area contributed by atoms with E-state index in [0.717, 1.165) is 0 Å². The van der Waals surface area contributed by atoms with Gasteiger partial charge < -0.3 is 0 Å². The quantitative estimate of drug-likeness (QED) is 0.756. The molecule has 0 atom stereocenters. The first-order valence-corrected chi connectivity index (χ1v) is 8.57. The van der Waals surface area contributed by atoms with E-state index in [2.05, 4.69) is 30.7 Å². The summed E-state index contributed by atoms with van der Waals surface area (Å²) in [4.78, 5) is 4.36. The molecule has 0 aliphatic rings. The van der Waals surface area contributed by atoms with Crippen molar-refractivity contribution in [2.45, 2.75) is 4.90 Å². The number of pyridine rings is 1. The minimum atomic E-state index is -3.64. The number of benzene rings is 1. The molecule has 0 spiro atoms. The highest BCUT2D eigenvalue weighted by molar-refractivity contribution is 9.10. The number of nitrogens with zero attached hydrogens (tertiary/aromatic N) is 3. The molecule has 0 saturated heterocycles. The molecule has 3 rings (SSSR count). The fourth-order valence-electron chi connectivity index (χ4n) is 1.83. The lowest BCUT2D eigenvalue weighted by molar-refractivity contribution is 0.601. The van der Waals surface area contributed by atoms with Crippen LogP contribution in [0.3, 0.4) is 0 Å². The van der Waals surface area contributed by atoms with Gasteiger partial charge in [-0.3, -0.25) is 4.72 Å². The van der Waals surface area contributed by atoms with Crippen LogP contribution in [0.25, 0.3) is 5.82 Å². The Morgan fingerprint density at radius 3 is 2.64 bits per heavy atom. The second-order valence-corrected chi connectivity index (χ2v) is 7.02. The van der Waals surface area contributed by atoms with Crippen molar-refractivity contribution in [1.29, 1.82) is 0 Å². The zero-order valence-electron chi connectivity index (χ0n) is 11.2. The van der Waals surface area contributed by atoms with Crippen LogP contribution in [0, 0.1) is 0 Å². The van der Waals surface area contributed by atoms with Crippen molar-refractivity contribution in [3.05, 3.63) is 65.5 Å². The van der Waals surface area contributed by atoms with Crippen LogP contribution in [0.4, 0.5) is 5.69 Å². The van der Waals surface area contributed by atoms with E-state index in [4.69, 9.17) is 0 Å². The molecule has 3 aromatic rings. The summed E-state index contributed by atoms with van der Waals surface area (Å²) in [6.45, 7) is 0. The smallest absolute Gasteiger partial charge is 0.261 e. The first kappa shape index (κ1) is 14.7. The largest absolute Gasteiger partial charge is 0.278 e. The maximum Gasteiger partial charge on any atom is 0.261 e. The zero-order chi connectivity index (χ0) is 15.6. The topological polar surface area (TPSA) is 76.9 Å². The van der Waals surface area contributed by atoms with Crippen molar-refractivity contribution in [2.75, 3.05) is 4.72 Å². The summed E-state index contributed by atoms with van der Waals surface area (Å²) in [6.07, 6.45) is 4.85. The summed E-state index contributed by atoms with van der Waals surface area (Å²) in [7, 11) is -3.64. The van der Waals surface area contributed by atoms with Gasteiger partial charge in [-0.2, -0.15) is 5.10 Å². The molecule has 0 bridgehead atoms. The van der Waals surface area contributed by atoms with Gasteiger partial charge in [-0.15, -0.1) is 0 Å². The SMILES string of the molecule is O=S(=O)(Nc1ccc(-n2cccn2)nc1)c1cccc(Br)c1. The predicted molar refractivity (Wildman–Crippen MR) is 86.3 cm³/mol. The molecule has 1 N–H and O–H groups in total. The summed E-state index contributed by atoms with van der Waals surface area (Å²) in [5, 5.41) is 4.06. The molecule has 0 unspecified atom stereocenters. The highest BCUT2D eigenvalue weighted by Crippen LogP contribution is 2.19. The maximum atomic E-state index is 12.3. The van der Waals surface area contributed by atoms with E-state index in [0.29, 0.717) is 16.0 Å². The fourth-order valence-corrected chi connectivity index (χ4v) is 3.47. The number of aromatic nitrogens is 3. The molecule has 8 heteroatoms. The van der Waals surface area contributed by atoms with E-state index < -0.39 is 10.0 Å². The Hall–Kier alpha value is -2.19. The number of nitrogens with one attached hydrogen (secondary N) is 1. The van der Waals surface area contributed by atoms with Crippen LogP contribution in [0.2, 0.25) is 0 Å². The van der Waals surface area contributed by atoms with Gasteiger partial charge >= 0.3 is 0 Å². The monoisotopic (exact) mass is 378 g/mol. The van der Waals surface area contributed by atoms with Crippen molar-refractivity contribution in [2.24, 2.45) is 0 Å². The van der Waals surface area contributed by atoms with Crippen LogP contribution in [0.15, 0.2) is 70.4 Å². The Kier molecular flexibility index (Phi) is 3.95. The van der Waals surface area contributed by atoms with Crippen LogP contribution in [0.5, 0.6) is 0 Å². The van der Waals surface area contributed by atoms with Crippen LogP contribution in [-0.2, 0) is 10.0 Å². The maximum absolute atomic E-state index is 12.3. The molecule has 2 aromatic heterocycles. The first-order valence-electron chi connectivity index (χ1n) is 6.29. The zero-order valence-corrected chi connectivity index (χ0v) is 13.6. The van der Waals surface area contributed by atoms with Crippen molar-refractivity contribution in [1.82, 2.24) is 14.8 Å². The van der Waals surface area contributed by atoms with Gasteiger partial charge in [0.05, 0.1) is 16.8 Å². The molecule has 0 aliphatic carbocycles. The minimum absolute atomic E-state index is 0.179. The van der Waals surface area contributed by atoms with Gasteiger partial charge in [0.2, 0.25) is 0 Å². The third-order valence-corrected chi connectivity index (χ3v) is 4.72. The van der Waals surface area contributed by atoms with Crippen molar-refractivity contribution >= 4 is 31.6 Å². The normalized spacial score (nSPS) is 11.3. The number of rotatable bonds is 4. The Balaban J connectivity index is 1.84. The predicted octanol–water partition coefficient (Wildman–Crippen LogP) is 2.83. The second kappa shape index (κ2) is 5.90. The standard InChI is InChI=1S/C14H11BrN4O2S/c15-11-3-1-4-13(9-11)22(20,21)18-12-5-6-14(16-10-12)19-8-2-7-17-19/h1-10,18H. The number of hydrogen-bond acceptors (Lipinski definition) is 4. The molecule has 0 amide bonds. The molecule has 0 radical (unpaired) electrons. The van der Waals surface area contributed by atoms with Crippen molar-refractivity contribution < 1.29 is 8.42 Å². The van der Waals surface area contributed by atoms with E-state index in [1.54, 1.807) is 47.4 Å². The summed E-state index contributed by atoms with van der Waals surface area (Å²) in [6, 6.07) is 11.6. The van der Waals surface area contributed by atoms with Crippen molar-refractivity contribution in [3.63, 3.8) is 0 Å². The average Bonchev–Trinajstić information content (AvgIpc) is 3.02. The van der Waals surface area contributed by atoms with E-state index in [1.165, 1.54) is 18.3 Å². The summed E-state index contributed by atoms with van der Waals surface area (Å²) >= 11 is 3.26. The third-order valence-electron chi connectivity index (χ3n) is 2.85. The van der Waals surface area contributed by atoms with Gasteiger partial charge in [0.1, 0.15) is 0 Å². The van der Waals surface area contributed by atoms with Gasteiger partial charge in [0, 0.05) is 16.9 Å². The number of hydrogen-bond donors (Lipinski definition) is 1. The lowest BCUT2D eigenvalue weighted by Gasteiger charge is -2.08.